The largest absolute Gasteiger partial charge is 0.480 e. The Morgan fingerprint density at radius 1 is 1.04 bits per heavy atom. The predicted molar refractivity (Wildman–Crippen MR) is 140 cm³/mol. The molecule has 2 N–H and O–H groups in total. The van der Waals surface area contributed by atoms with Crippen molar-refractivity contribution < 1.29 is 58.9 Å². The van der Waals surface area contributed by atoms with Gasteiger partial charge in [0.2, 0.25) is 0 Å². The van der Waals surface area contributed by atoms with E-state index in [0.717, 1.165) is 6.07 Å². The molecule has 1 aromatic carbocycles. The van der Waals surface area contributed by atoms with E-state index < -0.39 is 89.3 Å². The van der Waals surface area contributed by atoms with Gasteiger partial charge in [-0.15, -0.1) is 0 Å². The molecule has 5 rings (SSSR count). The van der Waals surface area contributed by atoms with Gasteiger partial charge in [-0.2, -0.15) is 26.3 Å². The van der Waals surface area contributed by atoms with Crippen molar-refractivity contribution in [2.24, 2.45) is 0 Å². The first kappa shape index (κ1) is 32.5. The molecule has 1 fully saturated rings. The summed E-state index contributed by atoms with van der Waals surface area (Å²) in [6, 6.07) is -0.439. The third-order valence-corrected chi connectivity index (χ3v) is 7.16. The average molecular weight is 661 g/mol. The number of morpholine rings is 1. The van der Waals surface area contributed by atoms with Crippen molar-refractivity contribution in [1.29, 1.82) is 0 Å². The number of benzene rings is 1. The van der Waals surface area contributed by atoms with Crippen molar-refractivity contribution in [2.45, 2.75) is 30.9 Å². The van der Waals surface area contributed by atoms with Crippen molar-refractivity contribution in [3.8, 4) is 11.3 Å². The first-order valence-corrected chi connectivity index (χ1v) is 13.2. The Morgan fingerprint density at radius 3 is 2.37 bits per heavy atom. The van der Waals surface area contributed by atoms with Gasteiger partial charge < -0.3 is 24.5 Å². The summed E-state index contributed by atoms with van der Waals surface area (Å²) in [5.74, 6) is -7.55. The number of anilines is 1. The molecule has 0 saturated carbocycles. The van der Waals surface area contributed by atoms with Crippen molar-refractivity contribution in [3.05, 3.63) is 83.2 Å². The van der Waals surface area contributed by atoms with Crippen LogP contribution < -0.4 is 10.2 Å². The number of rotatable bonds is 7. The van der Waals surface area contributed by atoms with Gasteiger partial charge in [-0.05, 0) is 30.3 Å². The fraction of sp³-hybridized carbons (Fsp3) is 0.286. The summed E-state index contributed by atoms with van der Waals surface area (Å²) in [5, 5.41) is 11.7. The number of halogens is 9. The van der Waals surface area contributed by atoms with Crippen LogP contribution in [0.2, 0.25) is 0 Å². The Labute approximate surface area is 252 Å². The van der Waals surface area contributed by atoms with Crippen molar-refractivity contribution in [1.82, 2.24) is 19.7 Å². The van der Waals surface area contributed by atoms with Gasteiger partial charge in [0.05, 0.1) is 30.7 Å². The van der Waals surface area contributed by atoms with Crippen LogP contribution in [-0.4, -0.2) is 69.4 Å². The molecule has 0 aliphatic carbocycles. The highest BCUT2D eigenvalue weighted by Crippen LogP contribution is 2.38. The highest BCUT2D eigenvalue weighted by molar-refractivity contribution is 5.97. The van der Waals surface area contributed by atoms with E-state index in [4.69, 9.17) is 4.74 Å². The van der Waals surface area contributed by atoms with Crippen LogP contribution in [0.15, 0.2) is 48.9 Å². The van der Waals surface area contributed by atoms with Crippen molar-refractivity contribution in [2.75, 3.05) is 24.7 Å². The summed E-state index contributed by atoms with van der Waals surface area (Å²) in [4.78, 5) is 33.2. The second kappa shape index (κ2) is 12.1. The quantitative estimate of drug-likeness (QED) is 0.268. The van der Waals surface area contributed by atoms with Gasteiger partial charge in [-0.3, -0.25) is 9.78 Å². The molecule has 18 heteroatoms. The monoisotopic (exact) mass is 661 g/mol. The lowest BCUT2D eigenvalue weighted by Crippen LogP contribution is -2.53. The number of carboxylic acid groups (broad SMARTS) is 1. The van der Waals surface area contributed by atoms with Crippen LogP contribution in [0.1, 0.15) is 21.6 Å². The Bertz CT molecular complexity index is 1790. The third-order valence-electron chi connectivity index (χ3n) is 7.16. The highest BCUT2D eigenvalue weighted by Gasteiger charge is 2.46. The number of carboxylic acids is 1. The topological polar surface area (TPSA) is 109 Å². The summed E-state index contributed by atoms with van der Waals surface area (Å²) in [5.41, 5.74) is -4.07. The van der Waals surface area contributed by atoms with E-state index in [-0.39, 0.29) is 36.1 Å². The van der Waals surface area contributed by atoms with Gasteiger partial charge in [0.25, 0.3) is 5.91 Å². The van der Waals surface area contributed by atoms with Crippen LogP contribution >= 0.6 is 0 Å². The molecule has 2 atom stereocenters. The normalized spacial score (nSPS) is 16.5. The zero-order valence-corrected chi connectivity index (χ0v) is 23.0. The van der Waals surface area contributed by atoms with Crippen LogP contribution in [0, 0.1) is 17.5 Å². The van der Waals surface area contributed by atoms with Crippen LogP contribution in [-0.2, 0) is 22.1 Å². The molecule has 244 valence electrons. The maximum absolute atomic E-state index is 15.0. The van der Waals surface area contributed by atoms with E-state index >= 15 is 8.78 Å². The summed E-state index contributed by atoms with van der Waals surface area (Å²) in [6.07, 6.45) is -7.33. The second-order valence-corrected chi connectivity index (χ2v) is 10.1. The number of pyridine rings is 2. The van der Waals surface area contributed by atoms with E-state index in [1.165, 1.54) is 22.9 Å². The number of alkyl halides is 6. The van der Waals surface area contributed by atoms with E-state index in [0.29, 0.717) is 23.2 Å². The zero-order chi connectivity index (χ0) is 33.6. The Hall–Kier alpha value is -4.87. The lowest BCUT2D eigenvalue weighted by atomic mass is 10.0. The van der Waals surface area contributed by atoms with Crippen LogP contribution in [0.5, 0.6) is 0 Å². The number of ether oxygens (including phenoxy) is 1. The first-order valence-electron chi connectivity index (χ1n) is 13.2. The number of hydrogen-bond donors (Lipinski definition) is 2. The Kier molecular flexibility index (Phi) is 8.59. The molecule has 0 spiro atoms. The fourth-order valence-electron chi connectivity index (χ4n) is 5.06. The number of amides is 1. The molecule has 9 nitrogen and oxygen atoms in total. The Balaban J connectivity index is 1.42. The minimum absolute atomic E-state index is 0.0708. The van der Waals surface area contributed by atoms with E-state index in [1.807, 2.05) is 5.32 Å². The van der Waals surface area contributed by atoms with Crippen molar-refractivity contribution >= 4 is 23.2 Å². The number of imidazole rings is 1. The number of nitrogens with one attached hydrogen (secondary N) is 1. The maximum Gasteiger partial charge on any atom is 0.418 e. The van der Waals surface area contributed by atoms with Gasteiger partial charge in [0, 0.05) is 42.3 Å². The second-order valence-electron chi connectivity index (χ2n) is 10.1. The van der Waals surface area contributed by atoms with E-state index in [9.17, 15) is 45.4 Å². The number of fused-ring (bicyclic) bond motifs is 1. The SMILES string of the molecule is O=C(NC(Cc1ccc(-c2ncc(F)cc2C(F)(F)F)c2nccn12)C(=O)O)c1c(F)cc(N2CCOCC2C(F)(F)F)cc1F. The van der Waals surface area contributed by atoms with Gasteiger partial charge in [0.1, 0.15) is 40.7 Å². The third kappa shape index (κ3) is 6.42. The Morgan fingerprint density at radius 2 is 1.74 bits per heavy atom. The number of aromatic nitrogens is 3. The molecular formula is C28H20F9N5O4. The number of hydrogen-bond acceptors (Lipinski definition) is 6. The molecular weight excluding hydrogens is 641 g/mol. The highest BCUT2D eigenvalue weighted by atomic mass is 19.4. The predicted octanol–water partition coefficient (Wildman–Crippen LogP) is 5.03. The van der Waals surface area contributed by atoms with Crippen LogP contribution in [0.4, 0.5) is 45.2 Å². The lowest BCUT2D eigenvalue weighted by molar-refractivity contribution is -0.167. The zero-order valence-electron chi connectivity index (χ0n) is 23.0. The fourth-order valence-corrected chi connectivity index (χ4v) is 5.06. The molecule has 0 radical (unpaired) electrons. The summed E-state index contributed by atoms with van der Waals surface area (Å²) in [7, 11) is 0. The summed E-state index contributed by atoms with van der Waals surface area (Å²) < 4.78 is 131. The number of nitrogens with zero attached hydrogens (tertiary/aromatic N) is 4. The van der Waals surface area contributed by atoms with E-state index in [1.54, 1.807) is 0 Å². The molecule has 1 amide bonds. The van der Waals surface area contributed by atoms with Crippen LogP contribution in [0.25, 0.3) is 16.9 Å². The van der Waals surface area contributed by atoms with Crippen LogP contribution in [0.3, 0.4) is 0 Å². The molecule has 1 saturated heterocycles. The molecule has 1 aliphatic rings. The van der Waals surface area contributed by atoms with Gasteiger partial charge in [-0.25, -0.2) is 22.9 Å². The standard InChI is InChI=1S/C28H20F9N5O4/c29-13-7-17(27(32,33)34)23(39-11-13)16-2-1-14(42-4-3-38-24(16)42)10-20(26(44)45)40-25(43)22-18(30)8-15(9-19(22)31)41-5-6-46-12-21(41)28(35,36)37/h1-4,7-9,11,20-21H,5-6,10,12H2,(H,40,43)(H,44,45). The number of aliphatic carboxylic acids is 1. The molecule has 2 unspecified atom stereocenters. The molecule has 4 heterocycles. The van der Waals surface area contributed by atoms with Gasteiger partial charge >= 0.3 is 18.3 Å². The lowest BCUT2D eigenvalue weighted by Gasteiger charge is -2.38. The minimum Gasteiger partial charge on any atom is -0.480 e. The molecule has 1 aliphatic heterocycles. The minimum atomic E-state index is -4.99. The first-order chi connectivity index (χ1) is 21.6. The average Bonchev–Trinajstić information content (AvgIpc) is 3.46. The molecule has 0 bridgehead atoms. The van der Waals surface area contributed by atoms with Crippen molar-refractivity contribution in [3.63, 3.8) is 0 Å². The van der Waals surface area contributed by atoms with Gasteiger partial charge in [0.15, 0.2) is 0 Å². The smallest absolute Gasteiger partial charge is 0.418 e. The molecule has 3 aromatic heterocycles. The number of carbonyl (C=O) groups is 2. The molecule has 4 aromatic rings. The summed E-state index contributed by atoms with van der Waals surface area (Å²) >= 11 is 0. The maximum atomic E-state index is 15.0. The van der Waals surface area contributed by atoms with Gasteiger partial charge in [-0.1, -0.05) is 0 Å². The number of carbonyl (C=O) groups excluding carboxylic acids is 1. The van der Waals surface area contributed by atoms with E-state index in [2.05, 4.69) is 9.97 Å². The molecule has 46 heavy (non-hydrogen) atoms. The summed E-state index contributed by atoms with van der Waals surface area (Å²) in [6.45, 7) is -1.30.